The fourth-order valence-electron chi connectivity index (χ4n) is 5.65. The number of piperazine rings is 1. The fourth-order valence-corrected chi connectivity index (χ4v) is 6.36. The van der Waals surface area contributed by atoms with Gasteiger partial charge in [0.1, 0.15) is 5.69 Å². The lowest BCUT2D eigenvalue weighted by atomic mass is 9.89. The van der Waals surface area contributed by atoms with Crippen LogP contribution in [0.3, 0.4) is 0 Å². The van der Waals surface area contributed by atoms with E-state index in [-0.39, 0.29) is 5.91 Å². The van der Waals surface area contributed by atoms with E-state index in [4.69, 9.17) is 23.2 Å². The molecule has 2 aliphatic rings. The molecular formula is C28H34Cl2N4O. The zero-order chi connectivity index (χ0) is 24.5. The number of para-hydroxylation sites is 1. The second kappa shape index (κ2) is 10.5. The first-order valence-corrected chi connectivity index (χ1v) is 13.5. The van der Waals surface area contributed by atoms with Gasteiger partial charge >= 0.3 is 0 Å². The number of likely N-dealkylation sites (tertiary alicyclic amines) is 1. The summed E-state index contributed by atoms with van der Waals surface area (Å²) in [7, 11) is 0. The quantitative estimate of drug-likeness (QED) is 0.454. The smallest absolute Gasteiger partial charge is 0.270 e. The van der Waals surface area contributed by atoms with E-state index < -0.39 is 0 Å². The summed E-state index contributed by atoms with van der Waals surface area (Å²) in [5, 5.41) is 2.67. The lowest BCUT2D eigenvalue weighted by Gasteiger charge is -2.37. The fraction of sp³-hybridized carbons (Fsp3) is 0.464. The molecule has 1 N–H and O–H groups in total. The molecule has 5 nitrogen and oxygen atoms in total. The largest absolute Gasteiger partial charge is 0.350 e. The van der Waals surface area contributed by atoms with E-state index in [0.29, 0.717) is 12.0 Å². The van der Waals surface area contributed by atoms with Gasteiger partial charge in [0.05, 0.1) is 0 Å². The highest BCUT2D eigenvalue weighted by molar-refractivity contribution is 6.36. The number of amides is 1. The van der Waals surface area contributed by atoms with E-state index in [1.165, 1.54) is 0 Å². The van der Waals surface area contributed by atoms with E-state index in [2.05, 4.69) is 46.8 Å². The highest BCUT2D eigenvalue weighted by atomic mass is 35.5. The van der Waals surface area contributed by atoms with E-state index in [0.717, 1.165) is 96.4 Å². The molecule has 1 aromatic heterocycles. The van der Waals surface area contributed by atoms with Crippen LogP contribution < -0.4 is 0 Å². The second-order valence-electron chi connectivity index (χ2n) is 10.1. The molecule has 1 amide bonds. The molecule has 7 heteroatoms. The number of benzene rings is 2. The summed E-state index contributed by atoms with van der Waals surface area (Å²) in [4.78, 5) is 24.0. The first-order chi connectivity index (χ1) is 16.9. The molecule has 0 aliphatic carbocycles. The van der Waals surface area contributed by atoms with Gasteiger partial charge in [-0.1, -0.05) is 47.5 Å². The Bertz CT molecular complexity index is 1170. The molecule has 2 saturated heterocycles. The number of carbonyl (C=O) groups excluding carboxylic acids is 1. The van der Waals surface area contributed by atoms with Gasteiger partial charge in [-0.3, -0.25) is 14.6 Å². The predicted octanol–water partition coefficient (Wildman–Crippen LogP) is 6.02. The molecule has 35 heavy (non-hydrogen) atoms. The lowest BCUT2D eigenvalue weighted by Crippen LogP contribution is -2.51. The number of nitrogens with zero attached hydrogens (tertiary/aromatic N) is 3. The Morgan fingerprint density at radius 2 is 1.60 bits per heavy atom. The number of hydrogen-bond acceptors (Lipinski definition) is 3. The standard InChI is InChI=1S/C28H34Cl2N4O/c1-19(2)33-14-16-34(17-15-33)28(35)27-22(21-6-3-4-9-25(21)31-27)18-32-12-10-20(11-13-32)26-23(29)7-5-8-24(26)30/h3-9,19-20,31H,10-18H2,1-2H3. The maximum atomic E-state index is 13.6. The molecule has 0 unspecified atom stereocenters. The van der Waals surface area contributed by atoms with Crippen molar-refractivity contribution in [1.29, 1.82) is 0 Å². The Hall–Kier alpha value is -2.05. The maximum Gasteiger partial charge on any atom is 0.270 e. The molecule has 2 aliphatic heterocycles. The van der Waals surface area contributed by atoms with Crippen LogP contribution in [0.1, 0.15) is 54.2 Å². The van der Waals surface area contributed by atoms with Crippen molar-refractivity contribution in [3.8, 4) is 0 Å². The molecule has 2 fully saturated rings. The Labute approximate surface area is 218 Å². The molecule has 0 bridgehead atoms. The normalized spacial score (nSPS) is 18.6. The van der Waals surface area contributed by atoms with E-state index in [9.17, 15) is 4.79 Å². The summed E-state index contributed by atoms with van der Waals surface area (Å²) in [5.74, 6) is 0.492. The molecular weight excluding hydrogens is 479 g/mol. The highest BCUT2D eigenvalue weighted by Gasteiger charge is 2.29. The van der Waals surface area contributed by atoms with Gasteiger partial charge in [0, 0.05) is 65.3 Å². The van der Waals surface area contributed by atoms with Crippen LogP contribution in [-0.2, 0) is 6.54 Å². The SMILES string of the molecule is CC(C)N1CCN(C(=O)c2[nH]c3ccccc3c2CN2CCC(c3c(Cl)cccc3Cl)CC2)CC1. The van der Waals surface area contributed by atoms with Crippen molar-refractivity contribution in [1.82, 2.24) is 19.7 Å². The van der Waals surface area contributed by atoms with Crippen molar-refractivity contribution in [2.45, 2.75) is 45.2 Å². The minimum atomic E-state index is 0.123. The molecule has 0 atom stereocenters. The van der Waals surface area contributed by atoms with Crippen molar-refractivity contribution in [3.63, 3.8) is 0 Å². The van der Waals surface area contributed by atoms with Gasteiger partial charge in [0.2, 0.25) is 0 Å². The number of aromatic amines is 1. The number of halogens is 2. The molecule has 186 valence electrons. The van der Waals surface area contributed by atoms with Crippen LogP contribution in [0.5, 0.6) is 0 Å². The first-order valence-electron chi connectivity index (χ1n) is 12.7. The molecule has 2 aromatic carbocycles. The number of nitrogens with one attached hydrogen (secondary N) is 1. The van der Waals surface area contributed by atoms with Gasteiger partial charge in [-0.25, -0.2) is 0 Å². The molecule has 0 saturated carbocycles. The van der Waals surface area contributed by atoms with Crippen LogP contribution in [0.15, 0.2) is 42.5 Å². The van der Waals surface area contributed by atoms with Crippen LogP contribution in [0.2, 0.25) is 10.0 Å². The number of aromatic nitrogens is 1. The average molecular weight is 514 g/mol. The Morgan fingerprint density at radius 3 is 2.26 bits per heavy atom. The summed E-state index contributed by atoms with van der Waals surface area (Å²) in [6, 6.07) is 14.6. The van der Waals surface area contributed by atoms with Gasteiger partial charge in [0.25, 0.3) is 5.91 Å². The third-order valence-corrected chi connectivity index (χ3v) is 8.40. The summed E-state index contributed by atoms with van der Waals surface area (Å²) in [5.41, 5.74) is 3.98. The zero-order valence-corrected chi connectivity index (χ0v) is 22.1. The second-order valence-corrected chi connectivity index (χ2v) is 10.9. The zero-order valence-electron chi connectivity index (χ0n) is 20.6. The molecule has 3 heterocycles. The van der Waals surface area contributed by atoms with E-state index in [1.807, 2.05) is 29.2 Å². The summed E-state index contributed by atoms with van der Waals surface area (Å²) >= 11 is 13.0. The van der Waals surface area contributed by atoms with E-state index in [1.54, 1.807) is 0 Å². The van der Waals surface area contributed by atoms with Crippen LogP contribution >= 0.6 is 23.2 Å². The van der Waals surface area contributed by atoms with Crippen molar-refractivity contribution >= 4 is 40.0 Å². The number of piperidine rings is 1. The van der Waals surface area contributed by atoms with Crippen LogP contribution in [0.4, 0.5) is 0 Å². The van der Waals surface area contributed by atoms with Gasteiger partial charge in [-0.05, 0) is 69.5 Å². The van der Waals surface area contributed by atoms with Gasteiger partial charge in [-0.15, -0.1) is 0 Å². The molecule has 5 rings (SSSR count). The summed E-state index contributed by atoms with van der Waals surface area (Å²) in [6.07, 6.45) is 2.01. The average Bonchev–Trinajstić information content (AvgIpc) is 3.23. The van der Waals surface area contributed by atoms with Crippen molar-refractivity contribution in [2.24, 2.45) is 0 Å². The summed E-state index contributed by atoms with van der Waals surface area (Å²) in [6.45, 7) is 10.5. The predicted molar refractivity (Wildman–Crippen MR) is 145 cm³/mol. The van der Waals surface area contributed by atoms with E-state index >= 15 is 0 Å². The number of fused-ring (bicyclic) bond motifs is 1. The van der Waals surface area contributed by atoms with Crippen LogP contribution in [0, 0.1) is 0 Å². The third kappa shape index (κ3) is 5.10. The van der Waals surface area contributed by atoms with Gasteiger partial charge in [-0.2, -0.15) is 0 Å². The van der Waals surface area contributed by atoms with Gasteiger partial charge in [0.15, 0.2) is 0 Å². The van der Waals surface area contributed by atoms with Crippen molar-refractivity contribution in [3.05, 3.63) is 69.3 Å². The minimum Gasteiger partial charge on any atom is -0.350 e. The van der Waals surface area contributed by atoms with Gasteiger partial charge < -0.3 is 9.88 Å². The maximum absolute atomic E-state index is 13.6. The molecule has 3 aromatic rings. The number of carbonyl (C=O) groups is 1. The summed E-state index contributed by atoms with van der Waals surface area (Å²) < 4.78 is 0. The van der Waals surface area contributed by atoms with Crippen molar-refractivity contribution < 1.29 is 4.79 Å². The van der Waals surface area contributed by atoms with Crippen molar-refractivity contribution in [2.75, 3.05) is 39.3 Å². The highest BCUT2D eigenvalue weighted by Crippen LogP contribution is 2.38. The topological polar surface area (TPSA) is 42.6 Å². The van der Waals surface area contributed by atoms with Crippen LogP contribution in [-0.4, -0.2) is 70.9 Å². The lowest BCUT2D eigenvalue weighted by molar-refractivity contribution is 0.0588. The number of H-pyrrole nitrogens is 1. The number of hydrogen-bond donors (Lipinski definition) is 1. The van der Waals surface area contributed by atoms with Crippen LogP contribution in [0.25, 0.3) is 10.9 Å². The monoisotopic (exact) mass is 512 g/mol. The Morgan fingerprint density at radius 1 is 0.943 bits per heavy atom. The molecule has 0 spiro atoms. The molecule has 0 radical (unpaired) electrons. The number of rotatable bonds is 5. The first kappa shape index (κ1) is 24.6. The minimum absolute atomic E-state index is 0.123. The Balaban J connectivity index is 1.33. The third-order valence-electron chi connectivity index (χ3n) is 7.74. The Kier molecular flexibility index (Phi) is 7.40.